The highest BCUT2D eigenvalue weighted by molar-refractivity contribution is 9.10. The third-order valence-corrected chi connectivity index (χ3v) is 2.91. The molecule has 6 heteroatoms. The summed E-state index contributed by atoms with van der Waals surface area (Å²) in [4.78, 5) is 11.9. The van der Waals surface area contributed by atoms with Gasteiger partial charge in [-0.15, -0.1) is 0 Å². The van der Waals surface area contributed by atoms with E-state index >= 15 is 0 Å². The number of hydrogen-bond acceptors (Lipinski definition) is 2. The average Bonchev–Trinajstić information content (AvgIpc) is 2.33. The van der Waals surface area contributed by atoms with E-state index in [0.29, 0.717) is 5.69 Å². The number of nitrogens with one attached hydrogen (secondary N) is 1. The fourth-order valence-electron chi connectivity index (χ4n) is 1.52. The summed E-state index contributed by atoms with van der Waals surface area (Å²) in [5, 5.41) is 2.55. The lowest BCUT2D eigenvalue weighted by molar-refractivity contribution is 0.102. The zero-order chi connectivity index (χ0) is 14.0. The van der Waals surface area contributed by atoms with Gasteiger partial charge >= 0.3 is 0 Å². The SMILES string of the molecule is Nc1cc(F)c(F)cc1C(=O)Nc1cccc(Br)c1. The van der Waals surface area contributed by atoms with Crippen LogP contribution in [0.2, 0.25) is 0 Å². The van der Waals surface area contributed by atoms with Crippen LogP contribution in [0.1, 0.15) is 10.4 Å². The molecule has 3 nitrogen and oxygen atoms in total. The standard InChI is InChI=1S/C13H9BrF2N2O/c14-7-2-1-3-8(4-7)18-13(19)9-5-10(15)11(16)6-12(9)17/h1-6H,17H2,(H,18,19). The average molecular weight is 327 g/mol. The van der Waals surface area contributed by atoms with Crippen LogP contribution in [0.25, 0.3) is 0 Å². The van der Waals surface area contributed by atoms with Crippen LogP contribution in [-0.4, -0.2) is 5.91 Å². The second kappa shape index (κ2) is 5.36. The Labute approximate surface area is 116 Å². The molecule has 0 unspecified atom stereocenters. The summed E-state index contributed by atoms with van der Waals surface area (Å²) in [7, 11) is 0. The summed E-state index contributed by atoms with van der Waals surface area (Å²) in [6, 6.07) is 8.42. The van der Waals surface area contributed by atoms with E-state index < -0.39 is 17.5 Å². The molecule has 0 aliphatic rings. The van der Waals surface area contributed by atoms with Gasteiger partial charge < -0.3 is 11.1 Å². The van der Waals surface area contributed by atoms with Crippen molar-refractivity contribution >= 4 is 33.2 Å². The molecule has 0 saturated heterocycles. The highest BCUT2D eigenvalue weighted by atomic mass is 79.9. The molecule has 98 valence electrons. The van der Waals surface area contributed by atoms with Gasteiger partial charge in [-0.3, -0.25) is 4.79 Å². The van der Waals surface area contributed by atoms with Crippen LogP contribution < -0.4 is 11.1 Å². The summed E-state index contributed by atoms with van der Waals surface area (Å²) < 4.78 is 26.8. The number of benzene rings is 2. The molecule has 0 heterocycles. The molecular formula is C13H9BrF2N2O. The quantitative estimate of drug-likeness (QED) is 0.829. The molecule has 19 heavy (non-hydrogen) atoms. The Morgan fingerprint density at radius 2 is 1.84 bits per heavy atom. The predicted molar refractivity (Wildman–Crippen MR) is 72.9 cm³/mol. The van der Waals surface area contributed by atoms with Crippen molar-refractivity contribution in [3.05, 3.63) is 58.1 Å². The first-order valence-electron chi connectivity index (χ1n) is 5.29. The molecule has 3 N–H and O–H groups in total. The highest BCUT2D eigenvalue weighted by Crippen LogP contribution is 2.20. The van der Waals surface area contributed by atoms with Crippen molar-refractivity contribution in [3.63, 3.8) is 0 Å². The van der Waals surface area contributed by atoms with Crippen LogP contribution in [0.5, 0.6) is 0 Å². The van der Waals surface area contributed by atoms with Gasteiger partial charge in [-0.1, -0.05) is 22.0 Å². The van der Waals surface area contributed by atoms with Crippen molar-refractivity contribution in [1.29, 1.82) is 0 Å². The van der Waals surface area contributed by atoms with E-state index in [9.17, 15) is 13.6 Å². The van der Waals surface area contributed by atoms with E-state index in [4.69, 9.17) is 5.73 Å². The van der Waals surface area contributed by atoms with Gasteiger partial charge in [0.2, 0.25) is 0 Å². The van der Waals surface area contributed by atoms with Crippen LogP contribution in [0.15, 0.2) is 40.9 Å². The second-order valence-corrected chi connectivity index (χ2v) is 4.73. The Kier molecular flexibility index (Phi) is 3.80. The van der Waals surface area contributed by atoms with Gasteiger partial charge in [0, 0.05) is 21.9 Å². The predicted octanol–water partition coefficient (Wildman–Crippen LogP) is 3.56. The van der Waals surface area contributed by atoms with Crippen molar-refractivity contribution in [2.24, 2.45) is 0 Å². The summed E-state index contributed by atoms with van der Waals surface area (Å²) in [6.45, 7) is 0. The monoisotopic (exact) mass is 326 g/mol. The van der Waals surface area contributed by atoms with Gasteiger partial charge in [0.1, 0.15) is 0 Å². The van der Waals surface area contributed by atoms with Crippen LogP contribution in [0, 0.1) is 11.6 Å². The minimum absolute atomic E-state index is 0.112. The van der Waals surface area contributed by atoms with Gasteiger partial charge in [0.05, 0.1) is 5.56 Å². The summed E-state index contributed by atoms with van der Waals surface area (Å²) in [5.74, 6) is -2.81. The number of nitrogens with two attached hydrogens (primary N) is 1. The maximum atomic E-state index is 13.1. The van der Waals surface area contributed by atoms with Gasteiger partial charge in [0.15, 0.2) is 11.6 Å². The fraction of sp³-hybridized carbons (Fsp3) is 0. The molecule has 0 radical (unpaired) electrons. The molecule has 0 fully saturated rings. The molecule has 0 aliphatic carbocycles. The third-order valence-electron chi connectivity index (χ3n) is 2.42. The molecule has 1 amide bonds. The first-order valence-corrected chi connectivity index (χ1v) is 6.08. The van der Waals surface area contributed by atoms with Crippen LogP contribution in [0.4, 0.5) is 20.2 Å². The van der Waals surface area contributed by atoms with E-state index in [2.05, 4.69) is 21.2 Å². The maximum absolute atomic E-state index is 13.1. The van der Waals surface area contributed by atoms with Crippen molar-refractivity contribution in [3.8, 4) is 0 Å². The fourth-order valence-corrected chi connectivity index (χ4v) is 1.92. The zero-order valence-electron chi connectivity index (χ0n) is 9.58. The minimum atomic E-state index is -1.12. The molecule has 0 saturated carbocycles. The molecule has 0 spiro atoms. The van der Waals surface area contributed by atoms with Gasteiger partial charge in [-0.25, -0.2) is 8.78 Å². The summed E-state index contributed by atoms with van der Waals surface area (Å²) in [5.41, 5.74) is 5.78. The number of nitrogen functional groups attached to an aromatic ring is 1. The lowest BCUT2D eigenvalue weighted by Crippen LogP contribution is -2.14. The summed E-state index contributed by atoms with van der Waals surface area (Å²) >= 11 is 3.26. The lowest BCUT2D eigenvalue weighted by Gasteiger charge is -2.08. The molecule has 2 rings (SSSR count). The van der Waals surface area contributed by atoms with E-state index in [1.54, 1.807) is 24.3 Å². The number of carbonyl (C=O) groups is 1. The van der Waals surface area contributed by atoms with Gasteiger partial charge in [0.25, 0.3) is 5.91 Å². The van der Waals surface area contributed by atoms with Crippen molar-refractivity contribution in [2.75, 3.05) is 11.1 Å². The van der Waals surface area contributed by atoms with Crippen LogP contribution in [-0.2, 0) is 0 Å². The van der Waals surface area contributed by atoms with Crippen molar-refractivity contribution < 1.29 is 13.6 Å². The molecule has 0 aliphatic heterocycles. The number of rotatable bonds is 2. The second-order valence-electron chi connectivity index (χ2n) is 3.82. The Bertz CT molecular complexity index is 647. The van der Waals surface area contributed by atoms with Crippen molar-refractivity contribution in [2.45, 2.75) is 0 Å². The Balaban J connectivity index is 2.28. The van der Waals surface area contributed by atoms with Gasteiger partial charge in [-0.05, 0) is 24.3 Å². The Morgan fingerprint density at radius 3 is 2.53 bits per heavy atom. The molecule has 2 aromatic rings. The molecule has 0 bridgehead atoms. The highest BCUT2D eigenvalue weighted by Gasteiger charge is 2.14. The van der Waals surface area contributed by atoms with E-state index in [0.717, 1.165) is 16.6 Å². The number of hydrogen-bond donors (Lipinski definition) is 2. The Hall–Kier alpha value is -1.95. The molecule has 0 aromatic heterocycles. The van der Waals surface area contributed by atoms with Crippen molar-refractivity contribution in [1.82, 2.24) is 0 Å². The number of anilines is 2. The summed E-state index contributed by atoms with van der Waals surface area (Å²) in [6.07, 6.45) is 0. The van der Waals surface area contributed by atoms with E-state index in [1.165, 1.54) is 0 Å². The zero-order valence-corrected chi connectivity index (χ0v) is 11.2. The molecular weight excluding hydrogens is 318 g/mol. The topological polar surface area (TPSA) is 55.1 Å². The molecule has 2 aromatic carbocycles. The van der Waals surface area contributed by atoms with Gasteiger partial charge in [-0.2, -0.15) is 0 Å². The largest absolute Gasteiger partial charge is 0.398 e. The van der Waals surface area contributed by atoms with Crippen LogP contribution in [0.3, 0.4) is 0 Å². The molecule has 0 atom stereocenters. The third kappa shape index (κ3) is 3.08. The number of halogens is 3. The normalized spacial score (nSPS) is 10.3. The number of carbonyl (C=O) groups excluding carboxylic acids is 1. The first kappa shape index (κ1) is 13.5. The Morgan fingerprint density at radius 1 is 1.16 bits per heavy atom. The van der Waals surface area contributed by atoms with E-state index in [1.807, 2.05) is 0 Å². The maximum Gasteiger partial charge on any atom is 0.257 e. The van der Waals surface area contributed by atoms with E-state index in [-0.39, 0.29) is 11.3 Å². The minimum Gasteiger partial charge on any atom is -0.398 e. The number of amides is 1. The first-order chi connectivity index (χ1) is 8.97. The lowest BCUT2D eigenvalue weighted by atomic mass is 10.1. The smallest absolute Gasteiger partial charge is 0.257 e. The van der Waals surface area contributed by atoms with Crippen LogP contribution >= 0.6 is 15.9 Å².